The SMILES string of the molecule is COc1ccc(CN(C)CC(=O)N2CCN(C(=O)c3cccs3)CC2)c(OC)c1. The quantitative estimate of drug-likeness (QED) is 0.691. The van der Waals surface area contributed by atoms with E-state index in [0.29, 0.717) is 39.3 Å². The van der Waals surface area contributed by atoms with Crippen molar-refractivity contribution < 1.29 is 19.1 Å². The highest BCUT2D eigenvalue weighted by Gasteiger charge is 2.25. The van der Waals surface area contributed by atoms with Crippen molar-refractivity contribution in [1.82, 2.24) is 14.7 Å². The van der Waals surface area contributed by atoms with Crippen LogP contribution in [0.15, 0.2) is 35.7 Å². The molecule has 1 aliphatic heterocycles. The van der Waals surface area contributed by atoms with Gasteiger partial charge in [0.15, 0.2) is 0 Å². The number of hydrogen-bond donors (Lipinski definition) is 0. The van der Waals surface area contributed by atoms with E-state index >= 15 is 0 Å². The zero-order valence-electron chi connectivity index (χ0n) is 17.1. The van der Waals surface area contributed by atoms with Crippen molar-refractivity contribution in [2.45, 2.75) is 6.54 Å². The number of thiophene rings is 1. The molecule has 8 heteroatoms. The first-order valence-corrected chi connectivity index (χ1v) is 10.4. The normalized spacial score (nSPS) is 14.2. The molecule has 2 aromatic rings. The maximum absolute atomic E-state index is 12.7. The van der Waals surface area contributed by atoms with Gasteiger partial charge in [0.05, 0.1) is 25.6 Å². The molecule has 0 bridgehead atoms. The summed E-state index contributed by atoms with van der Waals surface area (Å²) in [5, 5.41) is 1.90. The van der Waals surface area contributed by atoms with Crippen LogP contribution in [0.4, 0.5) is 0 Å². The number of nitrogens with zero attached hydrogens (tertiary/aromatic N) is 3. The number of rotatable bonds is 7. The van der Waals surface area contributed by atoms with Crippen LogP contribution in [0, 0.1) is 0 Å². The first kappa shape index (κ1) is 21.1. The van der Waals surface area contributed by atoms with Crippen LogP contribution in [-0.4, -0.2) is 80.5 Å². The average molecular weight is 418 g/mol. The Kier molecular flexibility index (Phi) is 7.11. The summed E-state index contributed by atoms with van der Waals surface area (Å²) in [5.74, 6) is 1.60. The third-order valence-electron chi connectivity index (χ3n) is 4.99. The third-order valence-corrected chi connectivity index (χ3v) is 5.85. The predicted octanol–water partition coefficient (Wildman–Crippen LogP) is 2.18. The van der Waals surface area contributed by atoms with Gasteiger partial charge in [0.25, 0.3) is 5.91 Å². The minimum Gasteiger partial charge on any atom is -0.497 e. The van der Waals surface area contributed by atoms with Crippen molar-refractivity contribution in [3.05, 3.63) is 46.2 Å². The molecule has 1 aromatic carbocycles. The standard InChI is InChI=1S/C21H27N3O4S/c1-22(14-16-6-7-17(27-2)13-18(16)28-3)15-20(25)23-8-10-24(11-9-23)21(26)19-5-4-12-29-19/h4-7,12-13H,8-11,14-15H2,1-3H3. The number of methoxy groups -OCH3 is 2. The number of likely N-dealkylation sites (N-methyl/N-ethyl adjacent to an activating group) is 1. The third kappa shape index (κ3) is 5.27. The molecule has 1 saturated heterocycles. The molecular weight excluding hydrogens is 390 g/mol. The summed E-state index contributed by atoms with van der Waals surface area (Å²) in [4.78, 5) is 31.5. The molecule has 0 saturated carbocycles. The van der Waals surface area contributed by atoms with Crippen molar-refractivity contribution in [2.75, 3.05) is 54.0 Å². The summed E-state index contributed by atoms with van der Waals surface area (Å²) in [7, 11) is 5.16. The van der Waals surface area contributed by atoms with Crippen LogP contribution in [-0.2, 0) is 11.3 Å². The maximum atomic E-state index is 12.7. The minimum atomic E-state index is 0.0517. The molecule has 0 unspecified atom stereocenters. The van der Waals surface area contributed by atoms with Gasteiger partial charge in [-0.3, -0.25) is 14.5 Å². The highest BCUT2D eigenvalue weighted by molar-refractivity contribution is 7.12. The number of carbonyl (C=O) groups excluding carboxylic acids is 2. The smallest absolute Gasteiger partial charge is 0.264 e. The Labute approximate surface area is 175 Å². The summed E-state index contributed by atoms with van der Waals surface area (Å²) in [6, 6.07) is 9.40. The highest BCUT2D eigenvalue weighted by atomic mass is 32.1. The topological polar surface area (TPSA) is 62.3 Å². The number of hydrogen-bond acceptors (Lipinski definition) is 6. The second-order valence-electron chi connectivity index (χ2n) is 7.00. The Balaban J connectivity index is 1.50. The molecule has 3 rings (SSSR count). The van der Waals surface area contributed by atoms with E-state index in [4.69, 9.17) is 9.47 Å². The number of amides is 2. The van der Waals surface area contributed by atoms with E-state index in [9.17, 15) is 9.59 Å². The number of carbonyl (C=O) groups is 2. The fraction of sp³-hybridized carbons (Fsp3) is 0.429. The summed E-state index contributed by atoms with van der Waals surface area (Å²) < 4.78 is 10.7. The van der Waals surface area contributed by atoms with Crippen LogP contribution in [0.25, 0.3) is 0 Å². The molecule has 7 nitrogen and oxygen atoms in total. The first-order valence-electron chi connectivity index (χ1n) is 9.52. The Morgan fingerprint density at radius 3 is 2.41 bits per heavy atom. The molecule has 0 aliphatic carbocycles. The van der Waals surface area contributed by atoms with Crippen LogP contribution < -0.4 is 9.47 Å². The maximum Gasteiger partial charge on any atom is 0.264 e. The number of piperazine rings is 1. The van der Waals surface area contributed by atoms with Gasteiger partial charge in [-0.2, -0.15) is 0 Å². The van der Waals surface area contributed by atoms with Gasteiger partial charge >= 0.3 is 0 Å². The molecule has 0 N–H and O–H groups in total. The van der Waals surface area contributed by atoms with E-state index in [-0.39, 0.29) is 11.8 Å². The van der Waals surface area contributed by atoms with Crippen molar-refractivity contribution in [3.63, 3.8) is 0 Å². The van der Waals surface area contributed by atoms with Gasteiger partial charge in [-0.15, -0.1) is 11.3 Å². The van der Waals surface area contributed by atoms with E-state index in [1.54, 1.807) is 14.2 Å². The zero-order valence-corrected chi connectivity index (χ0v) is 17.9. The Morgan fingerprint density at radius 2 is 1.79 bits per heavy atom. The molecule has 2 amide bonds. The van der Waals surface area contributed by atoms with E-state index in [1.165, 1.54) is 11.3 Å². The fourth-order valence-corrected chi connectivity index (χ4v) is 4.07. The molecular formula is C21H27N3O4S. The van der Waals surface area contributed by atoms with Gasteiger partial charge in [0, 0.05) is 44.4 Å². The molecule has 29 heavy (non-hydrogen) atoms. The molecule has 2 heterocycles. The van der Waals surface area contributed by atoms with Gasteiger partial charge in [-0.05, 0) is 24.6 Å². The van der Waals surface area contributed by atoms with Gasteiger partial charge in [0.2, 0.25) is 5.91 Å². The number of benzene rings is 1. The second-order valence-corrected chi connectivity index (χ2v) is 7.95. The van der Waals surface area contributed by atoms with E-state index in [0.717, 1.165) is 21.9 Å². The summed E-state index contributed by atoms with van der Waals surface area (Å²) in [6.45, 7) is 3.17. The lowest BCUT2D eigenvalue weighted by Crippen LogP contribution is -2.52. The molecule has 1 aliphatic rings. The molecule has 1 aromatic heterocycles. The van der Waals surface area contributed by atoms with Gasteiger partial charge in [-0.25, -0.2) is 0 Å². The summed E-state index contributed by atoms with van der Waals surface area (Å²) in [6.07, 6.45) is 0. The Bertz CT molecular complexity index is 832. The van der Waals surface area contributed by atoms with E-state index in [2.05, 4.69) is 0 Å². The Hall–Kier alpha value is -2.58. The van der Waals surface area contributed by atoms with Crippen LogP contribution in [0.1, 0.15) is 15.2 Å². The number of ether oxygens (including phenoxy) is 2. The van der Waals surface area contributed by atoms with Gasteiger partial charge in [-0.1, -0.05) is 12.1 Å². The summed E-state index contributed by atoms with van der Waals surface area (Å²) in [5.41, 5.74) is 0.995. The van der Waals surface area contributed by atoms with E-state index < -0.39 is 0 Å². The van der Waals surface area contributed by atoms with Gasteiger partial charge in [0.1, 0.15) is 11.5 Å². The lowest BCUT2D eigenvalue weighted by atomic mass is 10.1. The average Bonchev–Trinajstić information content (AvgIpc) is 3.28. The van der Waals surface area contributed by atoms with Crippen molar-refractivity contribution in [2.24, 2.45) is 0 Å². The molecule has 156 valence electrons. The molecule has 0 radical (unpaired) electrons. The van der Waals surface area contributed by atoms with Crippen LogP contribution >= 0.6 is 11.3 Å². The van der Waals surface area contributed by atoms with Crippen molar-refractivity contribution in [1.29, 1.82) is 0 Å². The minimum absolute atomic E-state index is 0.0517. The van der Waals surface area contributed by atoms with Crippen LogP contribution in [0.2, 0.25) is 0 Å². The fourth-order valence-electron chi connectivity index (χ4n) is 3.38. The predicted molar refractivity (Wildman–Crippen MR) is 113 cm³/mol. The van der Waals surface area contributed by atoms with E-state index in [1.807, 2.05) is 57.5 Å². The lowest BCUT2D eigenvalue weighted by molar-refractivity contribution is -0.133. The largest absolute Gasteiger partial charge is 0.497 e. The highest BCUT2D eigenvalue weighted by Crippen LogP contribution is 2.25. The second kappa shape index (κ2) is 9.76. The van der Waals surface area contributed by atoms with Crippen LogP contribution in [0.5, 0.6) is 11.5 Å². The molecule has 1 fully saturated rings. The molecule has 0 spiro atoms. The van der Waals surface area contributed by atoms with Crippen molar-refractivity contribution in [3.8, 4) is 11.5 Å². The monoisotopic (exact) mass is 417 g/mol. The zero-order chi connectivity index (χ0) is 20.8. The molecule has 0 atom stereocenters. The van der Waals surface area contributed by atoms with Crippen LogP contribution in [0.3, 0.4) is 0 Å². The van der Waals surface area contributed by atoms with Crippen molar-refractivity contribution >= 4 is 23.2 Å². The first-order chi connectivity index (χ1) is 14.0. The summed E-state index contributed by atoms with van der Waals surface area (Å²) >= 11 is 1.45. The lowest BCUT2D eigenvalue weighted by Gasteiger charge is -2.35. The Morgan fingerprint density at radius 1 is 1.07 bits per heavy atom. The van der Waals surface area contributed by atoms with Gasteiger partial charge < -0.3 is 19.3 Å².